The third kappa shape index (κ3) is 3.93. The van der Waals surface area contributed by atoms with Crippen LogP contribution in [0.2, 0.25) is 0 Å². The minimum atomic E-state index is -0.420. The quantitative estimate of drug-likeness (QED) is 0.405. The number of carbonyl (C=O) groups excluding carboxylic acids is 1. The normalized spacial score (nSPS) is 19.5. The van der Waals surface area contributed by atoms with Crippen molar-refractivity contribution in [3.8, 4) is 5.75 Å². The molecule has 0 radical (unpaired) electrons. The predicted octanol–water partition coefficient (Wildman–Crippen LogP) is 5.58. The van der Waals surface area contributed by atoms with E-state index in [1.54, 1.807) is 19.2 Å². The SMILES string of the molecule is COc1ccc([C@H]2CC(=O)C3=C(C2)Nc2ccccc2N[C@H]3c2ccc([N+](=O)[O-])cc2)cc1. The Morgan fingerprint density at radius 2 is 1.58 bits per heavy atom. The first-order valence-corrected chi connectivity index (χ1v) is 10.8. The van der Waals surface area contributed by atoms with Crippen molar-refractivity contribution < 1.29 is 14.5 Å². The van der Waals surface area contributed by atoms with Gasteiger partial charge in [-0.15, -0.1) is 0 Å². The van der Waals surface area contributed by atoms with Crippen molar-refractivity contribution in [1.82, 2.24) is 0 Å². The molecule has 0 saturated carbocycles. The van der Waals surface area contributed by atoms with Crippen LogP contribution in [-0.4, -0.2) is 17.8 Å². The van der Waals surface area contributed by atoms with Crippen LogP contribution in [0.5, 0.6) is 5.75 Å². The van der Waals surface area contributed by atoms with Crippen molar-refractivity contribution in [2.24, 2.45) is 0 Å². The molecule has 7 nitrogen and oxygen atoms in total. The van der Waals surface area contributed by atoms with Gasteiger partial charge in [-0.2, -0.15) is 0 Å². The summed E-state index contributed by atoms with van der Waals surface area (Å²) < 4.78 is 5.27. The van der Waals surface area contributed by atoms with Gasteiger partial charge in [0.15, 0.2) is 5.78 Å². The summed E-state index contributed by atoms with van der Waals surface area (Å²) in [5.41, 5.74) is 5.27. The lowest BCUT2D eigenvalue weighted by atomic mass is 9.78. The van der Waals surface area contributed by atoms with E-state index in [2.05, 4.69) is 10.6 Å². The highest BCUT2D eigenvalue weighted by atomic mass is 16.6. The van der Waals surface area contributed by atoms with Gasteiger partial charge in [0, 0.05) is 29.8 Å². The van der Waals surface area contributed by atoms with Crippen LogP contribution in [0.25, 0.3) is 0 Å². The molecule has 0 bridgehead atoms. The third-order valence-corrected chi connectivity index (χ3v) is 6.33. The minimum Gasteiger partial charge on any atom is -0.497 e. The van der Waals surface area contributed by atoms with E-state index in [9.17, 15) is 14.9 Å². The molecule has 2 atom stereocenters. The topological polar surface area (TPSA) is 93.5 Å². The zero-order valence-corrected chi connectivity index (χ0v) is 18.1. The van der Waals surface area contributed by atoms with Crippen LogP contribution >= 0.6 is 0 Å². The van der Waals surface area contributed by atoms with E-state index in [1.165, 1.54) is 12.1 Å². The molecule has 0 saturated heterocycles. The Labute approximate surface area is 191 Å². The second kappa shape index (κ2) is 8.43. The Bertz CT molecular complexity index is 1250. The number of anilines is 2. The maximum atomic E-state index is 13.5. The van der Waals surface area contributed by atoms with Crippen LogP contribution in [0.3, 0.4) is 0 Å². The number of hydrogen-bond donors (Lipinski definition) is 2. The van der Waals surface area contributed by atoms with Gasteiger partial charge in [0.05, 0.1) is 29.4 Å². The van der Waals surface area contributed by atoms with Gasteiger partial charge in [-0.1, -0.05) is 24.3 Å². The molecule has 3 aromatic carbocycles. The van der Waals surface area contributed by atoms with E-state index in [0.29, 0.717) is 18.4 Å². The highest BCUT2D eigenvalue weighted by Gasteiger charge is 2.36. The summed E-state index contributed by atoms with van der Waals surface area (Å²) in [4.78, 5) is 24.2. The summed E-state index contributed by atoms with van der Waals surface area (Å²) in [6, 6.07) is 21.7. The Balaban J connectivity index is 1.56. The maximum Gasteiger partial charge on any atom is 0.269 e. The van der Waals surface area contributed by atoms with Crippen LogP contribution < -0.4 is 15.4 Å². The van der Waals surface area contributed by atoms with E-state index in [1.807, 2.05) is 48.5 Å². The fraction of sp³-hybridized carbons (Fsp3) is 0.192. The zero-order valence-electron chi connectivity index (χ0n) is 18.1. The summed E-state index contributed by atoms with van der Waals surface area (Å²) in [7, 11) is 1.63. The van der Waals surface area contributed by atoms with Crippen molar-refractivity contribution in [1.29, 1.82) is 0 Å². The van der Waals surface area contributed by atoms with Gasteiger partial charge in [-0.25, -0.2) is 0 Å². The number of fused-ring (bicyclic) bond motifs is 1. The van der Waals surface area contributed by atoms with Crippen molar-refractivity contribution in [3.63, 3.8) is 0 Å². The van der Waals surface area contributed by atoms with Gasteiger partial charge < -0.3 is 15.4 Å². The molecule has 3 aromatic rings. The molecule has 1 aliphatic carbocycles. The van der Waals surface area contributed by atoms with Gasteiger partial charge in [-0.3, -0.25) is 14.9 Å². The number of nitro benzene ring substituents is 1. The molecule has 166 valence electrons. The molecule has 1 aliphatic heterocycles. The lowest BCUT2D eigenvalue weighted by molar-refractivity contribution is -0.384. The molecule has 33 heavy (non-hydrogen) atoms. The number of hydrogen-bond acceptors (Lipinski definition) is 6. The average Bonchev–Trinajstić information content (AvgIpc) is 3.01. The highest BCUT2D eigenvalue weighted by Crippen LogP contribution is 2.44. The van der Waals surface area contributed by atoms with Gasteiger partial charge in [0.2, 0.25) is 0 Å². The molecule has 0 unspecified atom stereocenters. The summed E-state index contributed by atoms with van der Waals surface area (Å²) >= 11 is 0. The number of nitrogens with one attached hydrogen (secondary N) is 2. The number of benzene rings is 3. The summed E-state index contributed by atoms with van der Waals surface area (Å²) in [5.74, 6) is 0.899. The molecular weight excluding hydrogens is 418 g/mol. The second-order valence-electron chi connectivity index (χ2n) is 8.29. The molecule has 0 spiro atoms. The van der Waals surface area contributed by atoms with Gasteiger partial charge in [0.25, 0.3) is 5.69 Å². The Hall–Kier alpha value is -4.13. The predicted molar refractivity (Wildman–Crippen MR) is 127 cm³/mol. The summed E-state index contributed by atoms with van der Waals surface area (Å²) in [6.45, 7) is 0. The number of para-hydroxylation sites is 2. The zero-order chi connectivity index (χ0) is 22.9. The first-order valence-electron chi connectivity index (χ1n) is 10.8. The molecule has 1 heterocycles. The minimum absolute atomic E-state index is 0.0228. The number of rotatable bonds is 4. The van der Waals surface area contributed by atoms with Crippen LogP contribution in [0.15, 0.2) is 84.1 Å². The molecular formula is C26H23N3O4. The van der Waals surface area contributed by atoms with Crippen molar-refractivity contribution in [2.75, 3.05) is 17.7 Å². The fourth-order valence-electron chi connectivity index (χ4n) is 4.64. The number of methoxy groups -OCH3 is 1. The molecule has 5 rings (SSSR count). The Kier molecular flexibility index (Phi) is 5.30. The molecule has 0 fully saturated rings. The van der Waals surface area contributed by atoms with Gasteiger partial charge in [0.1, 0.15) is 5.75 Å². The molecule has 0 amide bonds. The van der Waals surface area contributed by atoms with Gasteiger partial charge >= 0.3 is 0 Å². The number of Topliss-reactive ketones (excluding diaryl/α,β-unsaturated/α-hetero) is 1. The molecule has 0 aromatic heterocycles. The van der Waals surface area contributed by atoms with Crippen molar-refractivity contribution >= 4 is 22.8 Å². The second-order valence-corrected chi connectivity index (χ2v) is 8.29. The van der Waals surface area contributed by atoms with Crippen LogP contribution in [0.1, 0.15) is 35.9 Å². The molecule has 2 N–H and O–H groups in total. The van der Waals surface area contributed by atoms with Crippen molar-refractivity contribution in [2.45, 2.75) is 24.8 Å². The Morgan fingerprint density at radius 1 is 0.909 bits per heavy atom. The lowest BCUT2D eigenvalue weighted by Gasteiger charge is -2.30. The number of carbonyl (C=O) groups is 1. The van der Waals surface area contributed by atoms with E-state index in [0.717, 1.165) is 33.9 Å². The number of ketones is 1. The third-order valence-electron chi connectivity index (χ3n) is 6.33. The molecule has 7 heteroatoms. The average molecular weight is 441 g/mol. The van der Waals surface area contributed by atoms with E-state index < -0.39 is 11.0 Å². The van der Waals surface area contributed by atoms with Crippen LogP contribution in [-0.2, 0) is 4.79 Å². The monoisotopic (exact) mass is 441 g/mol. The molecule has 2 aliphatic rings. The Morgan fingerprint density at radius 3 is 2.24 bits per heavy atom. The van der Waals surface area contributed by atoms with E-state index in [-0.39, 0.29) is 17.4 Å². The number of allylic oxidation sites excluding steroid dienone is 1. The fourth-order valence-corrected chi connectivity index (χ4v) is 4.64. The van der Waals surface area contributed by atoms with E-state index in [4.69, 9.17) is 4.74 Å². The van der Waals surface area contributed by atoms with Crippen molar-refractivity contribution in [3.05, 3.63) is 105 Å². The number of nitrogens with zero attached hydrogens (tertiary/aromatic N) is 1. The smallest absolute Gasteiger partial charge is 0.269 e. The van der Waals surface area contributed by atoms with E-state index >= 15 is 0 Å². The summed E-state index contributed by atoms with van der Waals surface area (Å²) in [5, 5.41) is 18.1. The first kappa shape index (κ1) is 20.8. The maximum absolute atomic E-state index is 13.5. The lowest BCUT2D eigenvalue weighted by Crippen LogP contribution is -2.26. The highest BCUT2D eigenvalue weighted by molar-refractivity contribution is 6.01. The number of non-ortho nitro benzene ring substituents is 1. The summed E-state index contributed by atoms with van der Waals surface area (Å²) in [6.07, 6.45) is 1.08. The van der Waals surface area contributed by atoms with Crippen LogP contribution in [0, 0.1) is 10.1 Å². The number of ether oxygens (including phenoxy) is 1. The number of nitro groups is 1. The van der Waals surface area contributed by atoms with Gasteiger partial charge in [-0.05, 0) is 59.9 Å². The van der Waals surface area contributed by atoms with Crippen LogP contribution in [0.4, 0.5) is 17.1 Å². The largest absolute Gasteiger partial charge is 0.497 e. The first-order chi connectivity index (χ1) is 16.0. The standard InChI is InChI=1S/C26H23N3O4/c1-33-20-12-8-16(9-13-20)18-14-23-25(24(30)15-18)26(17-6-10-19(11-7-17)29(31)32)28-22-5-3-2-4-21(22)27-23/h2-13,18,26-28H,14-15H2,1H3/t18-,26+/m1/s1.